The summed E-state index contributed by atoms with van der Waals surface area (Å²) in [6, 6.07) is 6.08. The summed E-state index contributed by atoms with van der Waals surface area (Å²) < 4.78 is 31.6. The van der Waals surface area contributed by atoms with E-state index in [0.29, 0.717) is 12.4 Å². The number of ether oxygens (including phenoxy) is 1. The molecule has 0 aliphatic rings. The number of carbonyl (C=O) groups is 1. The minimum atomic E-state index is -3.67. The third-order valence-electron chi connectivity index (χ3n) is 2.70. The zero-order chi connectivity index (χ0) is 15.4. The van der Waals surface area contributed by atoms with Gasteiger partial charge in [-0.3, -0.25) is 4.79 Å². The van der Waals surface area contributed by atoms with Gasteiger partial charge in [0.15, 0.2) is 5.78 Å². The molecular weight excluding hydrogens is 278 g/mol. The molecule has 1 rings (SSSR count). The van der Waals surface area contributed by atoms with Gasteiger partial charge < -0.3 is 4.74 Å². The van der Waals surface area contributed by atoms with Crippen molar-refractivity contribution in [3.05, 3.63) is 24.3 Å². The Balaban J connectivity index is 2.76. The molecule has 0 aromatic heterocycles. The Labute approximate surface area is 120 Å². The first-order chi connectivity index (χ1) is 9.16. The van der Waals surface area contributed by atoms with Crippen molar-refractivity contribution in [3.8, 4) is 5.75 Å². The number of hydrogen-bond acceptors (Lipinski definition) is 4. The largest absolute Gasteiger partial charge is 0.494 e. The van der Waals surface area contributed by atoms with E-state index in [-0.39, 0.29) is 17.2 Å². The highest BCUT2D eigenvalue weighted by Crippen LogP contribution is 2.17. The van der Waals surface area contributed by atoms with Gasteiger partial charge >= 0.3 is 0 Å². The van der Waals surface area contributed by atoms with Gasteiger partial charge in [-0.2, -0.15) is 0 Å². The number of carbonyl (C=O) groups excluding carboxylic acids is 1. The van der Waals surface area contributed by atoms with Gasteiger partial charge in [-0.25, -0.2) is 13.1 Å². The van der Waals surface area contributed by atoms with E-state index in [1.165, 1.54) is 12.1 Å². The number of sulfonamides is 1. The van der Waals surface area contributed by atoms with Gasteiger partial charge in [0.1, 0.15) is 5.75 Å². The van der Waals surface area contributed by atoms with Crippen LogP contribution in [0.15, 0.2) is 29.2 Å². The van der Waals surface area contributed by atoms with Crippen molar-refractivity contribution in [1.29, 1.82) is 0 Å². The maximum atomic E-state index is 12.0. The Kier molecular flexibility index (Phi) is 5.30. The predicted octanol–water partition coefficient (Wildman–Crippen LogP) is 1.98. The molecule has 0 aliphatic carbocycles. The molecule has 1 aromatic carbocycles. The Morgan fingerprint density at radius 1 is 1.20 bits per heavy atom. The molecule has 1 N–H and O–H groups in total. The van der Waals surface area contributed by atoms with Gasteiger partial charge in [0.2, 0.25) is 10.0 Å². The third kappa shape index (κ3) is 4.61. The topological polar surface area (TPSA) is 72.5 Å². The van der Waals surface area contributed by atoms with Crippen LogP contribution in [0.25, 0.3) is 0 Å². The van der Waals surface area contributed by atoms with Crippen molar-refractivity contribution in [3.63, 3.8) is 0 Å². The van der Waals surface area contributed by atoms with E-state index in [9.17, 15) is 13.2 Å². The first kappa shape index (κ1) is 16.7. The molecule has 0 bridgehead atoms. The average Bonchev–Trinajstić information content (AvgIpc) is 2.36. The minimum Gasteiger partial charge on any atom is -0.494 e. The molecule has 0 saturated carbocycles. The summed E-state index contributed by atoms with van der Waals surface area (Å²) in [6.45, 7) is 7.41. The number of rotatable bonds is 6. The molecule has 0 unspecified atom stereocenters. The van der Waals surface area contributed by atoms with E-state index in [2.05, 4.69) is 4.72 Å². The zero-order valence-electron chi connectivity index (χ0n) is 12.3. The Hall–Kier alpha value is -1.40. The molecule has 5 nitrogen and oxygen atoms in total. The van der Waals surface area contributed by atoms with Crippen LogP contribution in [-0.4, -0.2) is 27.4 Å². The molecular formula is C14H21NO4S. The fraction of sp³-hybridized carbons (Fsp3) is 0.500. The molecule has 0 saturated heterocycles. The normalized spacial score (nSPS) is 12.2. The lowest BCUT2D eigenvalue weighted by Crippen LogP contribution is -2.35. The number of ketones is 1. The van der Waals surface area contributed by atoms with Crippen LogP contribution in [-0.2, 0) is 14.8 Å². The molecule has 112 valence electrons. The van der Waals surface area contributed by atoms with Crippen molar-refractivity contribution < 1.29 is 17.9 Å². The molecule has 0 heterocycles. The lowest BCUT2D eigenvalue weighted by molar-refractivity contribution is -0.125. The first-order valence-corrected chi connectivity index (χ1v) is 7.91. The Morgan fingerprint density at radius 3 is 2.20 bits per heavy atom. The number of Topliss-reactive ketones (excluding diaryl/α,β-unsaturated/α-hetero) is 1. The molecule has 6 heteroatoms. The molecule has 0 fully saturated rings. The zero-order valence-corrected chi connectivity index (χ0v) is 13.1. The summed E-state index contributed by atoms with van der Waals surface area (Å²) in [7, 11) is -3.67. The number of nitrogens with one attached hydrogen (secondary N) is 1. The molecule has 0 amide bonds. The van der Waals surface area contributed by atoms with E-state index in [1.807, 2.05) is 6.92 Å². The van der Waals surface area contributed by atoms with Crippen molar-refractivity contribution in [2.24, 2.45) is 5.41 Å². The van der Waals surface area contributed by atoms with Crippen LogP contribution in [0, 0.1) is 5.41 Å². The van der Waals surface area contributed by atoms with Crippen LogP contribution < -0.4 is 9.46 Å². The highest BCUT2D eigenvalue weighted by atomic mass is 32.2. The smallest absolute Gasteiger partial charge is 0.240 e. The number of hydrogen-bond donors (Lipinski definition) is 1. The molecule has 0 aliphatic heterocycles. The van der Waals surface area contributed by atoms with Gasteiger partial charge in [-0.05, 0) is 31.2 Å². The lowest BCUT2D eigenvalue weighted by Gasteiger charge is -2.16. The van der Waals surface area contributed by atoms with Crippen LogP contribution in [0.5, 0.6) is 5.75 Å². The summed E-state index contributed by atoms with van der Waals surface area (Å²) >= 11 is 0. The first-order valence-electron chi connectivity index (χ1n) is 6.42. The van der Waals surface area contributed by atoms with Gasteiger partial charge in [0.05, 0.1) is 18.0 Å². The summed E-state index contributed by atoms with van der Waals surface area (Å²) in [4.78, 5) is 11.8. The van der Waals surface area contributed by atoms with Gasteiger partial charge in [0.25, 0.3) is 0 Å². The Morgan fingerprint density at radius 2 is 1.75 bits per heavy atom. The van der Waals surface area contributed by atoms with Crippen molar-refractivity contribution in [2.75, 3.05) is 13.2 Å². The Bertz CT molecular complexity index is 556. The van der Waals surface area contributed by atoms with Crippen LogP contribution in [0.2, 0.25) is 0 Å². The second-order valence-electron chi connectivity index (χ2n) is 5.40. The van der Waals surface area contributed by atoms with Crippen LogP contribution in [0.1, 0.15) is 27.7 Å². The predicted molar refractivity (Wildman–Crippen MR) is 77.3 cm³/mol. The molecule has 0 atom stereocenters. The van der Waals surface area contributed by atoms with Crippen molar-refractivity contribution in [2.45, 2.75) is 32.6 Å². The quantitative estimate of drug-likeness (QED) is 0.871. The van der Waals surface area contributed by atoms with E-state index >= 15 is 0 Å². The molecule has 20 heavy (non-hydrogen) atoms. The second kappa shape index (κ2) is 6.37. The fourth-order valence-corrected chi connectivity index (χ4v) is 2.37. The van der Waals surface area contributed by atoms with E-state index in [4.69, 9.17) is 4.74 Å². The van der Waals surface area contributed by atoms with Crippen LogP contribution in [0.3, 0.4) is 0 Å². The lowest BCUT2D eigenvalue weighted by atomic mass is 9.91. The maximum absolute atomic E-state index is 12.0. The minimum absolute atomic E-state index is 0.114. The van der Waals surface area contributed by atoms with Gasteiger partial charge in [0, 0.05) is 5.41 Å². The SMILES string of the molecule is CCOc1ccc(S(=O)(=O)NCC(=O)C(C)(C)C)cc1. The summed E-state index contributed by atoms with van der Waals surface area (Å²) in [5.74, 6) is 0.448. The highest BCUT2D eigenvalue weighted by molar-refractivity contribution is 7.89. The summed E-state index contributed by atoms with van der Waals surface area (Å²) in [6.07, 6.45) is 0. The fourth-order valence-electron chi connectivity index (χ4n) is 1.39. The van der Waals surface area contributed by atoms with E-state index < -0.39 is 15.4 Å². The van der Waals surface area contributed by atoms with Crippen molar-refractivity contribution >= 4 is 15.8 Å². The standard InChI is InChI=1S/C14H21NO4S/c1-5-19-11-6-8-12(9-7-11)20(17,18)15-10-13(16)14(2,3)4/h6-9,15H,5,10H2,1-4H3. The van der Waals surface area contributed by atoms with E-state index in [0.717, 1.165) is 0 Å². The monoisotopic (exact) mass is 299 g/mol. The van der Waals surface area contributed by atoms with Gasteiger partial charge in [-0.1, -0.05) is 20.8 Å². The second-order valence-corrected chi connectivity index (χ2v) is 7.17. The van der Waals surface area contributed by atoms with Crippen molar-refractivity contribution in [1.82, 2.24) is 4.72 Å². The maximum Gasteiger partial charge on any atom is 0.240 e. The van der Waals surface area contributed by atoms with Crippen LogP contribution in [0.4, 0.5) is 0 Å². The summed E-state index contributed by atoms with van der Waals surface area (Å²) in [5.41, 5.74) is -0.568. The van der Waals surface area contributed by atoms with Crippen LogP contribution >= 0.6 is 0 Å². The van der Waals surface area contributed by atoms with E-state index in [1.54, 1.807) is 32.9 Å². The molecule has 0 radical (unpaired) electrons. The molecule has 0 spiro atoms. The average molecular weight is 299 g/mol. The highest BCUT2D eigenvalue weighted by Gasteiger charge is 2.23. The molecule has 1 aromatic rings. The van der Waals surface area contributed by atoms with Gasteiger partial charge in [-0.15, -0.1) is 0 Å². The third-order valence-corrected chi connectivity index (χ3v) is 4.12. The number of benzene rings is 1. The summed E-state index contributed by atoms with van der Waals surface area (Å²) in [5, 5.41) is 0.